The highest BCUT2D eigenvalue weighted by Crippen LogP contribution is 2.25. The van der Waals surface area contributed by atoms with Gasteiger partial charge in [-0.1, -0.05) is 19.3 Å². The van der Waals surface area contributed by atoms with Gasteiger partial charge in [-0.3, -0.25) is 14.4 Å². The molecule has 1 aliphatic carbocycles. The van der Waals surface area contributed by atoms with Crippen molar-refractivity contribution >= 4 is 17.8 Å². The van der Waals surface area contributed by atoms with Crippen LogP contribution in [0.5, 0.6) is 0 Å². The van der Waals surface area contributed by atoms with Gasteiger partial charge in [-0.25, -0.2) is 0 Å². The van der Waals surface area contributed by atoms with Crippen LogP contribution in [0.1, 0.15) is 51.9 Å². The number of carbonyl (C=O) groups excluding carboxylic acids is 2. The lowest BCUT2D eigenvalue weighted by molar-refractivity contribution is -0.137. The maximum absolute atomic E-state index is 11.7. The Balaban J connectivity index is 2.16. The van der Waals surface area contributed by atoms with Gasteiger partial charge >= 0.3 is 5.97 Å². The molecule has 0 radical (unpaired) electrons. The standard InChI is InChI=1S/C14H24N2O4/c1-10(7-14(19)20)16-13(18)9-15-12(17)8-11-5-3-2-4-6-11/h10-11H,2-9H2,1H3,(H,15,17)(H,16,18)(H,19,20). The molecule has 1 unspecified atom stereocenters. The van der Waals surface area contributed by atoms with E-state index in [2.05, 4.69) is 10.6 Å². The molecule has 1 saturated carbocycles. The average Bonchev–Trinajstić information content (AvgIpc) is 2.36. The Hall–Kier alpha value is -1.59. The minimum Gasteiger partial charge on any atom is -0.481 e. The first-order valence-electron chi connectivity index (χ1n) is 7.25. The van der Waals surface area contributed by atoms with Gasteiger partial charge in [-0.05, 0) is 25.7 Å². The van der Waals surface area contributed by atoms with Crippen molar-refractivity contribution in [3.05, 3.63) is 0 Å². The second kappa shape index (κ2) is 8.55. The largest absolute Gasteiger partial charge is 0.481 e. The van der Waals surface area contributed by atoms with Crippen molar-refractivity contribution in [1.29, 1.82) is 0 Å². The van der Waals surface area contributed by atoms with E-state index >= 15 is 0 Å². The summed E-state index contributed by atoms with van der Waals surface area (Å²) in [5.74, 6) is -0.967. The molecule has 3 N–H and O–H groups in total. The van der Waals surface area contributed by atoms with E-state index in [0.29, 0.717) is 12.3 Å². The topological polar surface area (TPSA) is 95.5 Å². The Morgan fingerprint density at radius 3 is 2.40 bits per heavy atom. The Morgan fingerprint density at radius 2 is 1.80 bits per heavy atom. The lowest BCUT2D eigenvalue weighted by Crippen LogP contribution is -2.41. The van der Waals surface area contributed by atoms with Crippen LogP contribution in [0.2, 0.25) is 0 Å². The zero-order chi connectivity index (χ0) is 15.0. The van der Waals surface area contributed by atoms with Crippen LogP contribution in [0, 0.1) is 5.92 Å². The van der Waals surface area contributed by atoms with Gasteiger partial charge in [0.1, 0.15) is 0 Å². The molecular formula is C14H24N2O4. The second-order valence-electron chi connectivity index (χ2n) is 5.55. The third-order valence-corrected chi connectivity index (χ3v) is 3.53. The zero-order valence-corrected chi connectivity index (χ0v) is 12.0. The number of aliphatic carboxylic acids is 1. The van der Waals surface area contributed by atoms with Crippen molar-refractivity contribution in [2.24, 2.45) is 5.92 Å². The molecule has 0 aromatic rings. The minimum absolute atomic E-state index is 0.0878. The maximum Gasteiger partial charge on any atom is 0.305 e. The van der Waals surface area contributed by atoms with E-state index in [9.17, 15) is 14.4 Å². The van der Waals surface area contributed by atoms with Crippen molar-refractivity contribution in [3.63, 3.8) is 0 Å². The van der Waals surface area contributed by atoms with E-state index in [4.69, 9.17) is 5.11 Å². The number of nitrogens with one attached hydrogen (secondary N) is 2. The number of hydrogen-bond donors (Lipinski definition) is 3. The molecule has 1 aliphatic rings. The van der Waals surface area contributed by atoms with Gasteiger partial charge < -0.3 is 15.7 Å². The number of rotatable bonds is 7. The van der Waals surface area contributed by atoms with Crippen LogP contribution in [0.4, 0.5) is 0 Å². The molecule has 0 spiro atoms. The van der Waals surface area contributed by atoms with Crippen LogP contribution < -0.4 is 10.6 Å². The monoisotopic (exact) mass is 284 g/mol. The number of carboxylic acid groups (broad SMARTS) is 1. The quantitative estimate of drug-likeness (QED) is 0.651. The Morgan fingerprint density at radius 1 is 1.15 bits per heavy atom. The van der Waals surface area contributed by atoms with Crippen molar-refractivity contribution in [2.45, 2.75) is 57.9 Å². The molecule has 1 fully saturated rings. The zero-order valence-electron chi connectivity index (χ0n) is 12.0. The molecule has 0 aromatic carbocycles. The fourth-order valence-corrected chi connectivity index (χ4v) is 2.54. The molecule has 0 saturated heterocycles. The van der Waals surface area contributed by atoms with Crippen molar-refractivity contribution in [1.82, 2.24) is 10.6 Å². The molecule has 1 rings (SSSR count). The normalized spacial score (nSPS) is 17.2. The van der Waals surface area contributed by atoms with Crippen LogP contribution >= 0.6 is 0 Å². The first kappa shape index (κ1) is 16.5. The van der Waals surface area contributed by atoms with E-state index in [0.717, 1.165) is 12.8 Å². The molecule has 0 aliphatic heterocycles. The fourth-order valence-electron chi connectivity index (χ4n) is 2.54. The van der Waals surface area contributed by atoms with Crippen molar-refractivity contribution in [3.8, 4) is 0 Å². The second-order valence-corrected chi connectivity index (χ2v) is 5.55. The van der Waals surface area contributed by atoms with E-state index in [1.807, 2.05) is 0 Å². The van der Waals surface area contributed by atoms with Gasteiger partial charge in [-0.15, -0.1) is 0 Å². The van der Waals surface area contributed by atoms with Crippen molar-refractivity contribution in [2.75, 3.05) is 6.54 Å². The first-order chi connectivity index (χ1) is 9.47. The maximum atomic E-state index is 11.7. The molecule has 1 atom stereocenters. The Labute approximate surface area is 119 Å². The summed E-state index contributed by atoms with van der Waals surface area (Å²) in [7, 11) is 0. The average molecular weight is 284 g/mol. The number of hydrogen-bond acceptors (Lipinski definition) is 3. The van der Waals surface area contributed by atoms with Crippen LogP contribution in [-0.2, 0) is 14.4 Å². The third kappa shape index (κ3) is 7.11. The van der Waals surface area contributed by atoms with Gasteiger partial charge in [0, 0.05) is 12.5 Å². The van der Waals surface area contributed by atoms with Crippen LogP contribution in [0.25, 0.3) is 0 Å². The third-order valence-electron chi connectivity index (χ3n) is 3.53. The summed E-state index contributed by atoms with van der Waals surface area (Å²) in [6.07, 6.45) is 6.17. The summed E-state index contributed by atoms with van der Waals surface area (Å²) < 4.78 is 0. The van der Waals surface area contributed by atoms with E-state index < -0.39 is 12.0 Å². The smallest absolute Gasteiger partial charge is 0.305 e. The summed E-state index contributed by atoms with van der Waals surface area (Å²) >= 11 is 0. The molecular weight excluding hydrogens is 260 g/mol. The number of carboxylic acids is 1. The van der Waals surface area contributed by atoms with Crippen LogP contribution in [0.3, 0.4) is 0 Å². The van der Waals surface area contributed by atoms with Crippen molar-refractivity contribution < 1.29 is 19.5 Å². The molecule has 114 valence electrons. The van der Waals surface area contributed by atoms with Gasteiger partial charge in [0.05, 0.1) is 13.0 Å². The highest BCUT2D eigenvalue weighted by atomic mass is 16.4. The van der Waals surface area contributed by atoms with E-state index in [1.54, 1.807) is 6.92 Å². The van der Waals surface area contributed by atoms with Gasteiger partial charge in [0.25, 0.3) is 0 Å². The molecule has 6 nitrogen and oxygen atoms in total. The molecule has 2 amide bonds. The van der Waals surface area contributed by atoms with E-state index in [1.165, 1.54) is 19.3 Å². The SMILES string of the molecule is CC(CC(=O)O)NC(=O)CNC(=O)CC1CCCCC1. The molecule has 0 heterocycles. The van der Waals surface area contributed by atoms with Gasteiger partial charge in [-0.2, -0.15) is 0 Å². The van der Waals surface area contributed by atoms with E-state index in [-0.39, 0.29) is 24.8 Å². The number of amides is 2. The highest BCUT2D eigenvalue weighted by molar-refractivity contribution is 5.85. The van der Waals surface area contributed by atoms with Crippen LogP contribution in [0.15, 0.2) is 0 Å². The molecule has 0 bridgehead atoms. The van der Waals surface area contributed by atoms with Gasteiger partial charge in [0.15, 0.2) is 0 Å². The fraction of sp³-hybridized carbons (Fsp3) is 0.786. The molecule has 0 aromatic heterocycles. The lowest BCUT2D eigenvalue weighted by atomic mass is 9.87. The molecule has 6 heteroatoms. The highest BCUT2D eigenvalue weighted by Gasteiger charge is 2.17. The predicted molar refractivity (Wildman–Crippen MR) is 74.1 cm³/mol. The predicted octanol–water partition coefficient (Wildman–Crippen LogP) is 1.05. The Bertz CT molecular complexity index is 351. The minimum atomic E-state index is -0.959. The summed E-state index contributed by atoms with van der Waals surface area (Å²) in [6, 6.07) is -0.435. The summed E-state index contributed by atoms with van der Waals surface area (Å²) in [4.78, 5) is 33.7. The summed E-state index contributed by atoms with van der Waals surface area (Å²) in [6.45, 7) is 1.53. The lowest BCUT2D eigenvalue weighted by Gasteiger charge is -2.20. The number of carbonyl (C=O) groups is 3. The Kier molecular flexibility index (Phi) is 7.04. The molecule has 20 heavy (non-hydrogen) atoms. The van der Waals surface area contributed by atoms with Gasteiger partial charge in [0.2, 0.25) is 11.8 Å². The summed E-state index contributed by atoms with van der Waals surface area (Å²) in [5.41, 5.74) is 0. The first-order valence-corrected chi connectivity index (χ1v) is 7.25. The summed E-state index contributed by atoms with van der Waals surface area (Å²) in [5, 5.41) is 13.7. The van der Waals surface area contributed by atoms with Crippen LogP contribution in [-0.4, -0.2) is 35.5 Å².